The predicted molar refractivity (Wildman–Crippen MR) is 77.6 cm³/mol. The number of amides is 2. The minimum atomic E-state index is -0.305. The Labute approximate surface area is 118 Å². The van der Waals surface area contributed by atoms with Crippen molar-refractivity contribution in [3.05, 3.63) is 36.1 Å². The third-order valence-corrected chi connectivity index (χ3v) is 2.91. The van der Waals surface area contributed by atoms with Crippen LogP contribution in [0, 0.1) is 0 Å². The molecule has 2 amide bonds. The largest absolute Gasteiger partial charge is 0.458 e. The van der Waals surface area contributed by atoms with E-state index in [-0.39, 0.29) is 18.2 Å². The van der Waals surface area contributed by atoms with Crippen molar-refractivity contribution in [2.24, 2.45) is 0 Å². The zero-order valence-corrected chi connectivity index (χ0v) is 12.0. The number of carbonyl (C=O) groups is 1. The van der Waals surface area contributed by atoms with Crippen LogP contribution in [0.3, 0.4) is 0 Å². The normalized spacial score (nSPS) is 12.6. The summed E-state index contributed by atoms with van der Waals surface area (Å²) in [5, 5.41) is 6.56. The summed E-state index contributed by atoms with van der Waals surface area (Å²) in [6, 6.07) is 9.59. The van der Waals surface area contributed by atoms with Crippen molar-refractivity contribution in [2.75, 3.05) is 13.7 Å². The van der Waals surface area contributed by atoms with E-state index in [1.807, 2.05) is 44.2 Å². The van der Waals surface area contributed by atoms with E-state index in [1.165, 1.54) is 0 Å². The fraction of sp³-hybridized carbons (Fsp3) is 0.400. The second-order valence-electron chi connectivity index (χ2n) is 4.92. The highest BCUT2D eigenvalue weighted by Gasteiger charge is 2.16. The molecule has 1 aromatic heterocycles. The third-order valence-electron chi connectivity index (χ3n) is 2.91. The molecule has 0 fully saturated rings. The summed E-state index contributed by atoms with van der Waals surface area (Å²) in [6.45, 7) is 4.17. The van der Waals surface area contributed by atoms with Gasteiger partial charge in [0, 0.05) is 18.5 Å². The molecule has 1 atom stereocenters. The molecule has 0 saturated carbocycles. The summed E-state index contributed by atoms with van der Waals surface area (Å²) >= 11 is 0. The number of fused-ring (bicyclic) bond motifs is 1. The fourth-order valence-corrected chi connectivity index (χ4v) is 1.96. The summed E-state index contributed by atoms with van der Waals surface area (Å²) in [5.74, 6) is 0.707. The Kier molecular flexibility index (Phi) is 4.63. The monoisotopic (exact) mass is 276 g/mol. The molecule has 0 aliphatic carbocycles. The van der Waals surface area contributed by atoms with Crippen LogP contribution in [0.5, 0.6) is 0 Å². The lowest BCUT2D eigenvalue weighted by Gasteiger charge is -2.15. The second kappa shape index (κ2) is 6.43. The van der Waals surface area contributed by atoms with Crippen molar-refractivity contribution >= 4 is 17.0 Å². The van der Waals surface area contributed by atoms with E-state index in [4.69, 9.17) is 9.15 Å². The molecule has 108 valence electrons. The Morgan fingerprint density at radius 2 is 2.10 bits per heavy atom. The van der Waals surface area contributed by atoms with Gasteiger partial charge in [-0.25, -0.2) is 4.79 Å². The molecule has 0 saturated heterocycles. The van der Waals surface area contributed by atoms with Gasteiger partial charge in [0.05, 0.1) is 6.54 Å². The zero-order chi connectivity index (χ0) is 14.5. The maximum atomic E-state index is 11.6. The van der Waals surface area contributed by atoms with Crippen molar-refractivity contribution in [3.8, 4) is 0 Å². The molecule has 5 heteroatoms. The van der Waals surface area contributed by atoms with E-state index in [0.29, 0.717) is 12.3 Å². The molecular formula is C15H20N2O3. The summed E-state index contributed by atoms with van der Waals surface area (Å²) in [6.07, 6.45) is -0.305. The van der Waals surface area contributed by atoms with Gasteiger partial charge in [-0.3, -0.25) is 0 Å². The second-order valence-corrected chi connectivity index (χ2v) is 4.92. The smallest absolute Gasteiger partial charge is 0.315 e. The van der Waals surface area contributed by atoms with Crippen LogP contribution in [0.1, 0.15) is 25.7 Å². The first-order valence-corrected chi connectivity index (χ1v) is 6.65. The molecule has 0 unspecified atom stereocenters. The average molecular weight is 276 g/mol. The highest BCUT2D eigenvalue weighted by molar-refractivity contribution is 5.78. The first-order chi connectivity index (χ1) is 9.60. The summed E-state index contributed by atoms with van der Waals surface area (Å²) in [4.78, 5) is 11.6. The maximum Gasteiger partial charge on any atom is 0.315 e. The number of hydrogen-bond acceptors (Lipinski definition) is 3. The zero-order valence-electron chi connectivity index (χ0n) is 12.0. The fourth-order valence-electron chi connectivity index (χ4n) is 1.96. The highest BCUT2D eigenvalue weighted by Crippen LogP contribution is 2.25. The third kappa shape index (κ3) is 3.51. The molecule has 0 aliphatic heterocycles. The predicted octanol–water partition coefficient (Wildman–Crippen LogP) is 2.83. The quantitative estimate of drug-likeness (QED) is 0.882. The number of furan rings is 1. The number of benzene rings is 1. The van der Waals surface area contributed by atoms with E-state index < -0.39 is 0 Å². The van der Waals surface area contributed by atoms with Crippen molar-refractivity contribution in [2.45, 2.75) is 26.0 Å². The van der Waals surface area contributed by atoms with Crippen LogP contribution in [-0.4, -0.2) is 25.7 Å². The minimum Gasteiger partial charge on any atom is -0.458 e. The van der Waals surface area contributed by atoms with E-state index in [2.05, 4.69) is 10.6 Å². The van der Waals surface area contributed by atoms with Crippen LogP contribution in [0.2, 0.25) is 0 Å². The number of urea groups is 1. The van der Waals surface area contributed by atoms with Crippen LogP contribution >= 0.6 is 0 Å². The van der Waals surface area contributed by atoms with Crippen molar-refractivity contribution in [1.29, 1.82) is 0 Å². The molecule has 2 rings (SSSR count). The van der Waals surface area contributed by atoms with Crippen molar-refractivity contribution in [3.63, 3.8) is 0 Å². The molecule has 1 aromatic carbocycles. The summed E-state index contributed by atoms with van der Waals surface area (Å²) in [7, 11) is 1.60. The molecule has 2 aromatic rings. The Bertz CT molecular complexity index is 544. The van der Waals surface area contributed by atoms with Gasteiger partial charge in [-0.15, -0.1) is 0 Å². The first kappa shape index (κ1) is 14.4. The van der Waals surface area contributed by atoms with Gasteiger partial charge in [0.2, 0.25) is 0 Å². The van der Waals surface area contributed by atoms with Crippen molar-refractivity contribution in [1.82, 2.24) is 10.6 Å². The summed E-state index contributed by atoms with van der Waals surface area (Å²) < 4.78 is 11.1. The van der Waals surface area contributed by atoms with Crippen LogP contribution in [0.15, 0.2) is 34.7 Å². The number of nitrogens with one attached hydrogen (secondary N) is 2. The number of ether oxygens (including phenoxy) is 1. The van der Waals surface area contributed by atoms with Crippen LogP contribution in [0.25, 0.3) is 11.0 Å². The molecule has 1 heterocycles. The molecule has 2 N–H and O–H groups in total. The topological polar surface area (TPSA) is 63.5 Å². The molecular weight excluding hydrogens is 256 g/mol. The van der Waals surface area contributed by atoms with Gasteiger partial charge < -0.3 is 19.8 Å². The van der Waals surface area contributed by atoms with Crippen LogP contribution in [0.4, 0.5) is 4.79 Å². The van der Waals surface area contributed by atoms with Gasteiger partial charge in [-0.2, -0.15) is 0 Å². The average Bonchev–Trinajstić information content (AvgIpc) is 2.82. The maximum absolute atomic E-state index is 11.6. The lowest BCUT2D eigenvalue weighted by atomic mass is 10.2. The minimum absolute atomic E-state index is 0.0993. The van der Waals surface area contributed by atoms with Gasteiger partial charge in [-0.05, 0) is 26.0 Å². The van der Waals surface area contributed by atoms with Crippen molar-refractivity contribution < 1.29 is 13.9 Å². The molecule has 0 spiro atoms. The van der Waals surface area contributed by atoms with E-state index in [9.17, 15) is 4.79 Å². The van der Waals surface area contributed by atoms with E-state index in [0.717, 1.165) is 11.0 Å². The van der Waals surface area contributed by atoms with Crippen LogP contribution < -0.4 is 10.6 Å². The van der Waals surface area contributed by atoms with Gasteiger partial charge in [-0.1, -0.05) is 18.2 Å². The Balaban J connectivity index is 2.02. The Morgan fingerprint density at radius 1 is 1.35 bits per heavy atom. The highest BCUT2D eigenvalue weighted by atomic mass is 16.5. The van der Waals surface area contributed by atoms with Gasteiger partial charge in [0.1, 0.15) is 17.4 Å². The summed E-state index contributed by atoms with van der Waals surface area (Å²) in [5.41, 5.74) is 0.816. The lowest BCUT2D eigenvalue weighted by molar-refractivity contribution is 0.0864. The Morgan fingerprint density at radius 3 is 2.75 bits per heavy atom. The molecule has 5 nitrogen and oxygen atoms in total. The number of para-hydroxylation sites is 1. The van der Waals surface area contributed by atoms with Gasteiger partial charge in [0.15, 0.2) is 0 Å². The standard InChI is InChI=1S/C15H20N2O3/c1-10(2)17-15(18)16-9-14(19-3)13-8-11-6-4-5-7-12(11)20-13/h4-8,10,14H,9H2,1-3H3,(H2,16,17,18)/t14-/m0/s1. The Hall–Kier alpha value is -2.01. The SMILES string of the molecule is CO[C@@H](CNC(=O)NC(C)C)c1cc2ccccc2o1. The molecule has 20 heavy (non-hydrogen) atoms. The van der Waals surface area contributed by atoms with E-state index in [1.54, 1.807) is 7.11 Å². The van der Waals surface area contributed by atoms with E-state index >= 15 is 0 Å². The number of carbonyl (C=O) groups excluding carboxylic acids is 1. The number of hydrogen-bond donors (Lipinski definition) is 2. The molecule has 0 radical (unpaired) electrons. The van der Waals surface area contributed by atoms with Gasteiger partial charge in [0.25, 0.3) is 0 Å². The first-order valence-electron chi connectivity index (χ1n) is 6.65. The lowest BCUT2D eigenvalue weighted by Crippen LogP contribution is -2.41. The molecule has 0 bridgehead atoms. The number of methoxy groups -OCH3 is 1. The number of rotatable bonds is 5. The van der Waals surface area contributed by atoms with Crippen LogP contribution in [-0.2, 0) is 4.74 Å². The van der Waals surface area contributed by atoms with Gasteiger partial charge >= 0.3 is 6.03 Å². The molecule has 0 aliphatic rings.